The molecule has 1 aromatic carbocycles. The van der Waals surface area contributed by atoms with Crippen LogP contribution in [0.3, 0.4) is 0 Å². The van der Waals surface area contributed by atoms with E-state index in [-0.39, 0.29) is 0 Å². The Labute approximate surface area is 133 Å². The van der Waals surface area contributed by atoms with Crippen LogP contribution in [0.4, 0.5) is 11.4 Å². The predicted molar refractivity (Wildman–Crippen MR) is 94.7 cm³/mol. The third kappa shape index (κ3) is 2.89. The summed E-state index contributed by atoms with van der Waals surface area (Å²) in [5.41, 5.74) is 9.18. The number of nitrogens with two attached hydrogens (primary N) is 1. The fourth-order valence-corrected chi connectivity index (χ4v) is 4.18. The van der Waals surface area contributed by atoms with Gasteiger partial charge in [-0.15, -0.1) is 22.7 Å². The maximum absolute atomic E-state index is 6.25. The zero-order valence-electron chi connectivity index (χ0n) is 12.5. The Hall–Kier alpha value is -1.59. The number of anilines is 2. The molecular weight excluding hydrogens is 298 g/mol. The molecule has 2 heterocycles. The van der Waals surface area contributed by atoms with Crippen molar-refractivity contribution in [2.24, 2.45) is 0 Å². The molecule has 0 amide bonds. The molecule has 0 fully saturated rings. The molecule has 3 aromatic rings. The largest absolute Gasteiger partial charge is 0.397 e. The molecule has 3 nitrogen and oxygen atoms in total. The maximum atomic E-state index is 6.25. The Bertz CT molecular complexity index is 746. The number of aromatic nitrogens is 1. The van der Waals surface area contributed by atoms with Crippen LogP contribution in [0.15, 0.2) is 29.6 Å². The standard InChI is InChI=1S/C16H19N3S2/c1-10(7-12-5-4-6-20-12)19(3)15-9-14-16(8-13(15)17)21-11(2)18-14/h4-6,8-10H,7,17H2,1-3H3. The van der Waals surface area contributed by atoms with Crippen LogP contribution in [0.25, 0.3) is 10.2 Å². The van der Waals surface area contributed by atoms with E-state index in [9.17, 15) is 0 Å². The molecule has 3 rings (SSSR count). The van der Waals surface area contributed by atoms with Crippen molar-refractivity contribution < 1.29 is 0 Å². The Morgan fingerprint density at radius 1 is 1.38 bits per heavy atom. The van der Waals surface area contributed by atoms with Crippen molar-refractivity contribution in [2.75, 3.05) is 17.7 Å². The minimum absolute atomic E-state index is 0.392. The zero-order chi connectivity index (χ0) is 15.0. The second kappa shape index (κ2) is 5.66. The minimum atomic E-state index is 0.392. The number of thiophene rings is 1. The molecule has 0 spiro atoms. The summed E-state index contributed by atoms with van der Waals surface area (Å²) in [6.45, 7) is 4.26. The lowest BCUT2D eigenvalue weighted by Gasteiger charge is -2.28. The number of fused-ring (bicyclic) bond motifs is 1. The van der Waals surface area contributed by atoms with Gasteiger partial charge in [-0.1, -0.05) is 6.07 Å². The van der Waals surface area contributed by atoms with Gasteiger partial charge in [-0.05, 0) is 37.4 Å². The second-order valence-corrected chi connectivity index (χ2v) is 7.62. The summed E-state index contributed by atoms with van der Waals surface area (Å²) in [6, 6.07) is 8.84. The van der Waals surface area contributed by atoms with E-state index < -0.39 is 0 Å². The third-order valence-corrected chi connectivity index (χ3v) is 5.59. The molecule has 110 valence electrons. The van der Waals surface area contributed by atoms with E-state index in [0.717, 1.165) is 33.0 Å². The van der Waals surface area contributed by atoms with Crippen molar-refractivity contribution in [3.8, 4) is 0 Å². The summed E-state index contributed by atoms with van der Waals surface area (Å²) in [7, 11) is 2.11. The van der Waals surface area contributed by atoms with E-state index in [1.54, 1.807) is 22.7 Å². The number of thiazole rings is 1. The Balaban J connectivity index is 1.89. The fraction of sp³-hybridized carbons (Fsp3) is 0.312. The average Bonchev–Trinajstić information content (AvgIpc) is 3.05. The normalized spacial score (nSPS) is 12.7. The summed E-state index contributed by atoms with van der Waals surface area (Å²) in [5, 5.41) is 3.20. The van der Waals surface area contributed by atoms with E-state index in [4.69, 9.17) is 5.73 Å². The van der Waals surface area contributed by atoms with Gasteiger partial charge in [0.1, 0.15) is 0 Å². The zero-order valence-corrected chi connectivity index (χ0v) is 14.1. The lowest BCUT2D eigenvalue weighted by molar-refractivity contribution is 0.689. The molecule has 0 saturated carbocycles. The molecule has 21 heavy (non-hydrogen) atoms. The first-order valence-electron chi connectivity index (χ1n) is 6.96. The Kier molecular flexibility index (Phi) is 3.87. The van der Waals surface area contributed by atoms with Crippen molar-refractivity contribution in [1.82, 2.24) is 4.98 Å². The van der Waals surface area contributed by atoms with Crippen molar-refractivity contribution in [2.45, 2.75) is 26.3 Å². The summed E-state index contributed by atoms with van der Waals surface area (Å²) in [5.74, 6) is 0. The molecule has 0 aliphatic carbocycles. The first kappa shape index (κ1) is 14.4. The molecule has 2 aromatic heterocycles. The number of nitrogen functional groups attached to an aromatic ring is 1. The minimum Gasteiger partial charge on any atom is -0.397 e. The Morgan fingerprint density at radius 3 is 2.90 bits per heavy atom. The van der Waals surface area contributed by atoms with Gasteiger partial charge in [-0.3, -0.25) is 0 Å². The summed E-state index contributed by atoms with van der Waals surface area (Å²) >= 11 is 3.50. The van der Waals surface area contributed by atoms with E-state index in [1.165, 1.54) is 4.88 Å². The van der Waals surface area contributed by atoms with Crippen LogP contribution in [0.5, 0.6) is 0 Å². The molecule has 0 radical (unpaired) electrons. The molecule has 0 bridgehead atoms. The fourth-order valence-electron chi connectivity index (χ4n) is 2.49. The van der Waals surface area contributed by atoms with E-state index in [2.05, 4.69) is 47.4 Å². The number of hydrogen-bond acceptors (Lipinski definition) is 5. The van der Waals surface area contributed by atoms with Gasteiger partial charge in [-0.25, -0.2) is 4.98 Å². The average molecular weight is 317 g/mol. The molecule has 0 saturated heterocycles. The second-order valence-electron chi connectivity index (χ2n) is 5.36. The molecule has 2 N–H and O–H groups in total. The smallest absolute Gasteiger partial charge is 0.0907 e. The number of nitrogens with zero attached hydrogens (tertiary/aromatic N) is 2. The topological polar surface area (TPSA) is 42.2 Å². The van der Waals surface area contributed by atoms with Crippen LogP contribution in [0.1, 0.15) is 16.8 Å². The van der Waals surface area contributed by atoms with E-state index in [0.29, 0.717) is 6.04 Å². The van der Waals surface area contributed by atoms with Gasteiger partial charge in [0.2, 0.25) is 0 Å². The van der Waals surface area contributed by atoms with Crippen molar-refractivity contribution in [3.05, 3.63) is 39.5 Å². The lowest BCUT2D eigenvalue weighted by atomic mass is 10.1. The first-order valence-corrected chi connectivity index (χ1v) is 8.66. The van der Waals surface area contributed by atoms with Gasteiger partial charge in [-0.2, -0.15) is 0 Å². The highest BCUT2D eigenvalue weighted by molar-refractivity contribution is 7.18. The molecular formula is C16H19N3S2. The van der Waals surface area contributed by atoms with Gasteiger partial charge in [0, 0.05) is 24.4 Å². The highest BCUT2D eigenvalue weighted by Gasteiger charge is 2.15. The van der Waals surface area contributed by atoms with Gasteiger partial charge in [0.25, 0.3) is 0 Å². The molecule has 5 heteroatoms. The molecule has 1 unspecified atom stereocenters. The van der Waals surface area contributed by atoms with Crippen LogP contribution in [0.2, 0.25) is 0 Å². The van der Waals surface area contributed by atoms with Crippen LogP contribution >= 0.6 is 22.7 Å². The van der Waals surface area contributed by atoms with E-state index >= 15 is 0 Å². The van der Waals surface area contributed by atoms with Crippen LogP contribution < -0.4 is 10.6 Å². The summed E-state index contributed by atoms with van der Waals surface area (Å²) in [4.78, 5) is 8.23. The van der Waals surface area contributed by atoms with Crippen LogP contribution in [-0.2, 0) is 6.42 Å². The van der Waals surface area contributed by atoms with Gasteiger partial charge in [0.15, 0.2) is 0 Å². The summed E-state index contributed by atoms with van der Waals surface area (Å²) < 4.78 is 1.16. The molecule has 1 atom stereocenters. The molecule has 0 aliphatic rings. The lowest BCUT2D eigenvalue weighted by Crippen LogP contribution is -2.31. The SMILES string of the molecule is Cc1nc2cc(N(C)C(C)Cc3cccs3)c(N)cc2s1. The van der Waals surface area contributed by atoms with Crippen molar-refractivity contribution >= 4 is 44.3 Å². The summed E-state index contributed by atoms with van der Waals surface area (Å²) in [6.07, 6.45) is 1.03. The predicted octanol–water partition coefficient (Wildman–Crippen LogP) is 4.32. The monoisotopic (exact) mass is 317 g/mol. The highest BCUT2D eigenvalue weighted by atomic mass is 32.1. The quantitative estimate of drug-likeness (QED) is 0.729. The van der Waals surface area contributed by atoms with Gasteiger partial charge in [0.05, 0.1) is 26.6 Å². The highest BCUT2D eigenvalue weighted by Crippen LogP contribution is 2.32. The Morgan fingerprint density at radius 2 is 2.19 bits per heavy atom. The number of aryl methyl sites for hydroxylation is 1. The number of likely N-dealkylation sites (N-methyl/N-ethyl adjacent to an activating group) is 1. The number of hydrogen-bond donors (Lipinski definition) is 1. The van der Waals surface area contributed by atoms with Gasteiger partial charge < -0.3 is 10.6 Å². The maximum Gasteiger partial charge on any atom is 0.0907 e. The number of benzene rings is 1. The van der Waals surface area contributed by atoms with E-state index in [1.807, 2.05) is 13.0 Å². The molecule has 0 aliphatic heterocycles. The van der Waals surface area contributed by atoms with Gasteiger partial charge >= 0.3 is 0 Å². The number of rotatable bonds is 4. The van der Waals surface area contributed by atoms with Crippen molar-refractivity contribution in [1.29, 1.82) is 0 Å². The van der Waals surface area contributed by atoms with Crippen LogP contribution in [-0.4, -0.2) is 18.1 Å². The first-order chi connectivity index (χ1) is 10.0. The van der Waals surface area contributed by atoms with Crippen molar-refractivity contribution in [3.63, 3.8) is 0 Å². The third-order valence-electron chi connectivity index (χ3n) is 3.76. The van der Waals surface area contributed by atoms with Crippen LogP contribution in [0, 0.1) is 6.92 Å².